The zero-order valence-corrected chi connectivity index (χ0v) is 11.7. The Kier molecular flexibility index (Phi) is 2.89. The maximum atomic E-state index is 12.0. The average Bonchev–Trinajstić information content (AvgIpc) is 2.64. The van der Waals surface area contributed by atoms with Crippen molar-refractivity contribution >= 4 is 27.3 Å². The molecule has 2 aliphatic heterocycles. The highest BCUT2D eigenvalue weighted by Gasteiger charge is 2.50. The zero-order valence-electron chi connectivity index (χ0n) is 10.9. The third-order valence-corrected chi connectivity index (χ3v) is 5.60. The molecule has 1 atom stereocenters. The van der Waals surface area contributed by atoms with Gasteiger partial charge in [0.2, 0.25) is 0 Å². The number of hydrogen-bond acceptors (Lipinski definition) is 5. The molecule has 1 amide bonds. The Hall–Kier alpha value is -1.76. The summed E-state index contributed by atoms with van der Waals surface area (Å²) in [6, 6.07) is 6.91. The van der Waals surface area contributed by atoms with Gasteiger partial charge in [-0.05, 0) is 31.0 Å². The van der Waals surface area contributed by atoms with E-state index in [9.17, 15) is 13.2 Å². The van der Waals surface area contributed by atoms with Gasteiger partial charge in [-0.2, -0.15) is 0 Å². The summed E-state index contributed by atoms with van der Waals surface area (Å²) in [7, 11) is -3.14. The Labute approximate surface area is 117 Å². The predicted octanol–water partition coefficient (Wildman–Crippen LogP) is 1.17. The van der Waals surface area contributed by atoms with E-state index in [0.717, 1.165) is 0 Å². The molecule has 1 unspecified atom stereocenters. The molecule has 108 valence electrons. The topological polar surface area (TPSA) is 89.7 Å². The number of nitrogen functional groups attached to an aromatic ring is 1. The fourth-order valence-corrected chi connectivity index (χ4v) is 4.70. The molecule has 2 aliphatic rings. The molecule has 2 N–H and O–H groups in total. The number of hydrogen-bond donors (Lipinski definition) is 1. The summed E-state index contributed by atoms with van der Waals surface area (Å²) < 4.78 is 29.0. The van der Waals surface area contributed by atoms with Crippen LogP contribution in [0.4, 0.5) is 16.2 Å². The molecular formula is C13H16N2O4S. The highest BCUT2D eigenvalue weighted by Crippen LogP contribution is 2.35. The van der Waals surface area contributed by atoms with Crippen LogP contribution < -0.4 is 10.6 Å². The molecule has 1 aromatic rings. The molecule has 1 spiro atoms. The molecule has 1 aromatic carbocycles. The number of nitrogens with two attached hydrogens (primary N) is 1. The number of sulfone groups is 1. The lowest BCUT2D eigenvalue weighted by atomic mass is 10.00. The molecule has 0 radical (unpaired) electrons. The number of carbonyl (C=O) groups excluding carboxylic acids is 1. The van der Waals surface area contributed by atoms with Gasteiger partial charge < -0.3 is 10.5 Å². The van der Waals surface area contributed by atoms with Crippen molar-refractivity contribution in [2.24, 2.45) is 0 Å². The molecule has 2 heterocycles. The lowest BCUT2D eigenvalue weighted by molar-refractivity contribution is 0.0643. The first-order valence-electron chi connectivity index (χ1n) is 6.46. The summed E-state index contributed by atoms with van der Waals surface area (Å²) in [6.07, 6.45) is 0.602. The van der Waals surface area contributed by atoms with E-state index in [-0.39, 0.29) is 18.1 Å². The molecule has 20 heavy (non-hydrogen) atoms. The lowest BCUT2D eigenvalue weighted by Crippen LogP contribution is -2.45. The summed E-state index contributed by atoms with van der Waals surface area (Å²) in [6.45, 7) is 0.258. The first-order chi connectivity index (χ1) is 9.39. The Bertz CT molecular complexity index is 658. The van der Waals surface area contributed by atoms with Crippen LogP contribution in [0, 0.1) is 0 Å². The maximum Gasteiger partial charge on any atom is 0.415 e. The first-order valence-corrected chi connectivity index (χ1v) is 8.28. The van der Waals surface area contributed by atoms with E-state index in [1.807, 2.05) is 0 Å². The molecule has 0 aliphatic carbocycles. The zero-order chi connectivity index (χ0) is 14.4. The fourth-order valence-electron chi connectivity index (χ4n) is 2.88. The molecule has 2 saturated heterocycles. The monoisotopic (exact) mass is 296 g/mol. The highest BCUT2D eigenvalue weighted by molar-refractivity contribution is 7.91. The number of nitrogens with zero attached hydrogens (tertiary/aromatic N) is 1. The van der Waals surface area contributed by atoms with Crippen LogP contribution in [0.3, 0.4) is 0 Å². The van der Waals surface area contributed by atoms with Crippen LogP contribution in [0.5, 0.6) is 0 Å². The molecule has 0 aromatic heterocycles. The molecule has 0 bridgehead atoms. The van der Waals surface area contributed by atoms with Crippen LogP contribution in [0.25, 0.3) is 0 Å². The van der Waals surface area contributed by atoms with Crippen LogP contribution in [0.1, 0.15) is 12.8 Å². The second-order valence-corrected chi connectivity index (χ2v) is 7.61. The minimum absolute atomic E-state index is 0.0927. The highest BCUT2D eigenvalue weighted by atomic mass is 32.2. The molecule has 6 nitrogen and oxygen atoms in total. The molecule has 2 fully saturated rings. The van der Waals surface area contributed by atoms with Crippen LogP contribution in [-0.4, -0.2) is 38.2 Å². The summed E-state index contributed by atoms with van der Waals surface area (Å²) in [5.74, 6) is 0.0785. The molecule has 3 rings (SSSR count). The van der Waals surface area contributed by atoms with Gasteiger partial charge in [0.05, 0.1) is 18.1 Å². The van der Waals surface area contributed by atoms with Gasteiger partial charge >= 0.3 is 6.09 Å². The Morgan fingerprint density at radius 3 is 2.85 bits per heavy atom. The number of amides is 1. The number of anilines is 2. The Morgan fingerprint density at radius 2 is 2.15 bits per heavy atom. The van der Waals surface area contributed by atoms with Crippen molar-refractivity contribution in [1.29, 1.82) is 0 Å². The van der Waals surface area contributed by atoms with Gasteiger partial charge in [0.25, 0.3) is 0 Å². The summed E-state index contributed by atoms with van der Waals surface area (Å²) >= 11 is 0. The van der Waals surface area contributed by atoms with Gasteiger partial charge in [-0.15, -0.1) is 0 Å². The van der Waals surface area contributed by atoms with Crippen LogP contribution in [0.2, 0.25) is 0 Å². The van der Waals surface area contributed by atoms with Crippen molar-refractivity contribution < 1.29 is 17.9 Å². The van der Waals surface area contributed by atoms with E-state index in [0.29, 0.717) is 24.2 Å². The lowest BCUT2D eigenvalue weighted by Gasteiger charge is -2.30. The third-order valence-electron chi connectivity index (χ3n) is 3.72. The molecular weight excluding hydrogens is 280 g/mol. The maximum absolute atomic E-state index is 12.0. The number of carbonyl (C=O) groups is 1. The van der Waals surface area contributed by atoms with Gasteiger partial charge in [0, 0.05) is 11.4 Å². The van der Waals surface area contributed by atoms with E-state index in [1.54, 1.807) is 24.3 Å². The Balaban J connectivity index is 1.89. The van der Waals surface area contributed by atoms with E-state index >= 15 is 0 Å². The number of benzene rings is 1. The van der Waals surface area contributed by atoms with Crippen LogP contribution in [-0.2, 0) is 14.6 Å². The van der Waals surface area contributed by atoms with Crippen molar-refractivity contribution in [3.05, 3.63) is 24.3 Å². The number of rotatable bonds is 1. The van der Waals surface area contributed by atoms with Crippen molar-refractivity contribution in [2.45, 2.75) is 18.4 Å². The van der Waals surface area contributed by atoms with E-state index < -0.39 is 21.5 Å². The largest absolute Gasteiger partial charge is 0.440 e. The van der Waals surface area contributed by atoms with Crippen molar-refractivity contribution in [2.75, 3.05) is 28.7 Å². The average molecular weight is 296 g/mol. The number of ether oxygens (including phenoxy) is 1. The standard InChI is InChI=1S/C13H16N2O4S/c14-10-3-1-4-11(7-10)15-8-13(19-12(15)16)5-2-6-20(17,18)9-13/h1,3-4,7H,2,5-6,8-9,14H2. The quantitative estimate of drug-likeness (QED) is 0.786. The van der Waals surface area contributed by atoms with E-state index in [4.69, 9.17) is 10.5 Å². The van der Waals surface area contributed by atoms with E-state index in [1.165, 1.54) is 4.90 Å². The second-order valence-electron chi connectivity index (χ2n) is 5.43. The van der Waals surface area contributed by atoms with Crippen molar-refractivity contribution in [3.63, 3.8) is 0 Å². The van der Waals surface area contributed by atoms with E-state index in [2.05, 4.69) is 0 Å². The molecule has 7 heteroatoms. The normalized spacial score (nSPS) is 28.6. The third kappa shape index (κ3) is 2.33. The van der Waals surface area contributed by atoms with Crippen molar-refractivity contribution in [1.82, 2.24) is 0 Å². The van der Waals surface area contributed by atoms with Crippen molar-refractivity contribution in [3.8, 4) is 0 Å². The van der Waals surface area contributed by atoms with Gasteiger partial charge in [0.15, 0.2) is 9.84 Å². The summed E-state index contributed by atoms with van der Waals surface area (Å²) in [5.41, 5.74) is 5.99. The second kappa shape index (κ2) is 4.37. The minimum atomic E-state index is -3.14. The first kappa shape index (κ1) is 13.2. The smallest absolute Gasteiger partial charge is 0.415 e. The summed E-state index contributed by atoms with van der Waals surface area (Å²) in [5, 5.41) is 0. The minimum Gasteiger partial charge on any atom is -0.440 e. The van der Waals surface area contributed by atoms with Crippen LogP contribution >= 0.6 is 0 Å². The molecule has 0 saturated carbocycles. The van der Waals surface area contributed by atoms with Gasteiger partial charge in [-0.25, -0.2) is 13.2 Å². The predicted molar refractivity (Wildman–Crippen MR) is 75.3 cm³/mol. The summed E-state index contributed by atoms with van der Waals surface area (Å²) in [4.78, 5) is 13.5. The SMILES string of the molecule is Nc1cccc(N2CC3(CCCS(=O)(=O)C3)OC2=O)c1. The van der Waals surface area contributed by atoms with Crippen LogP contribution in [0.15, 0.2) is 24.3 Å². The Morgan fingerprint density at radius 1 is 1.35 bits per heavy atom. The van der Waals surface area contributed by atoms with Gasteiger partial charge in [-0.1, -0.05) is 6.07 Å². The fraction of sp³-hybridized carbons (Fsp3) is 0.462. The van der Waals surface area contributed by atoms with Gasteiger partial charge in [-0.3, -0.25) is 4.90 Å². The van der Waals surface area contributed by atoms with Gasteiger partial charge in [0.1, 0.15) is 5.60 Å².